The van der Waals surface area contributed by atoms with Crippen LogP contribution in [0.1, 0.15) is 51.6 Å². The predicted molar refractivity (Wildman–Crippen MR) is 146 cm³/mol. The summed E-state index contributed by atoms with van der Waals surface area (Å²) in [6.45, 7) is 15.9. The lowest BCUT2D eigenvalue weighted by Gasteiger charge is -2.46. The minimum absolute atomic E-state index is 0.0970. The van der Waals surface area contributed by atoms with Crippen LogP contribution in [0.2, 0.25) is 0 Å². The van der Waals surface area contributed by atoms with Gasteiger partial charge in [-0.1, -0.05) is 26.0 Å². The Morgan fingerprint density at radius 3 is 2.55 bits per heavy atom. The van der Waals surface area contributed by atoms with Crippen LogP contribution in [-0.4, -0.2) is 96.0 Å². The number of nitrogens with one attached hydrogen (secondary N) is 1. The second-order valence-corrected chi connectivity index (χ2v) is 12.1. The normalized spacial score (nSPS) is 27.9. The molecule has 4 atom stereocenters. The number of amides is 1. The number of rotatable bonds is 6. The maximum atomic E-state index is 13.9. The fraction of sp³-hybridized carbons (Fsp3) is 0.621. The van der Waals surface area contributed by atoms with Crippen molar-refractivity contribution in [1.82, 2.24) is 25.3 Å². The fourth-order valence-corrected chi connectivity index (χ4v) is 6.09. The van der Waals surface area contributed by atoms with Crippen molar-refractivity contribution in [2.45, 2.75) is 70.6 Å². The molecule has 4 heterocycles. The van der Waals surface area contributed by atoms with E-state index >= 15 is 0 Å². The van der Waals surface area contributed by atoms with Gasteiger partial charge >= 0.3 is 0 Å². The lowest BCUT2D eigenvalue weighted by molar-refractivity contribution is -0.121. The second kappa shape index (κ2) is 11.0. The van der Waals surface area contributed by atoms with Crippen molar-refractivity contribution in [3.63, 3.8) is 0 Å². The summed E-state index contributed by atoms with van der Waals surface area (Å²) in [5, 5.41) is 12.6. The van der Waals surface area contributed by atoms with Gasteiger partial charge in [0, 0.05) is 62.2 Å². The average molecular weight is 525 g/mol. The van der Waals surface area contributed by atoms with Gasteiger partial charge in [0.2, 0.25) is 5.91 Å². The Labute approximate surface area is 225 Å². The Bertz CT molecular complexity index is 1130. The lowest BCUT2D eigenvalue weighted by atomic mass is 9.91. The Morgan fingerprint density at radius 1 is 1.13 bits per heavy atom. The molecular weight excluding hydrogens is 483 g/mol. The first-order valence-corrected chi connectivity index (χ1v) is 13.8. The van der Waals surface area contributed by atoms with Gasteiger partial charge in [-0.25, -0.2) is 4.39 Å². The predicted octanol–water partition coefficient (Wildman–Crippen LogP) is 2.60. The molecule has 0 spiro atoms. The molecule has 206 valence electrons. The highest BCUT2D eigenvalue weighted by atomic mass is 19.1. The summed E-state index contributed by atoms with van der Waals surface area (Å²) in [5.41, 5.74) is 3.16. The van der Waals surface area contributed by atoms with Crippen molar-refractivity contribution in [3.05, 3.63) is 53.1 Å². The molecule has 0 radical (unpaired) electrons. The van der Waals surface area contributed by atoms with Crippen LogP contribution in [0.5, 0.6) is 0 Å². The van der Waals surface area contributed by atoms with E-state index in [9.17, 15) is 9.18 Å². The highest BCUT2D eigenvalue weighted by Crippen LogP contribution is 2.39. The number of fused-ring (bicyclic) bond motifs is 1. The molecule has 3 aliphatic rings. The minimum Gasteiger partial charge on any atom is -0.378 e. The molecule has 0 bridgehead atoms. The van der Waals surface area contributed by atoms with Gasteiger partial charge in [0.25, 0.3) is 0 Å². The first-order valence-electron chi connectivity index (χ1n) is 13.8. The van der Waals surface area contributed by atoms with Crippen molar-refractivity contribution in [2.75, 3.05) is 50.8 Å². The number of carbonyl (C=O) groups is 1. The first-order chi connectivity index (χ1) is 18.1. The molecule has 0 aliphatic carbocycles. The van der Waals surface area contributed by atoms with Crippen LogP contribution in [0.3, 0.4) is 0 Å². The van der Waals surface area contributed by atoms with Gasteiger partial charge in [-0.05, 0) is 44.5 Å². The molecule has 1 aromatic heterocycles. The molecule has 1 N–H and O–H groups in total. The van der Waals surface area contributed by atoms with Gasteiger partial charge in [-0.2, -0.15) is 10.2 Å². The minimum atomic E-state index is -0.277. The van der Waals surface area contributed by atoms with Crippen LogP contribution in [0.25, 0.3) is 0 Å². The number of hydrogen-bond donors (Lipinski definition) is 1. The molecule has 2 unspecified atom stereocenters. The van der Waals surface area contributed by atoms with Crippen LogP contribution < -0.4 is 10.2 Å². The maximum Gasteiger partial charge on any atom is 0.241 e. The van der Waals surface area contributed by atoms with Gasteiger partial charge in [0.1, 0.15) is 5.82 Å². The largest absolute Gasteiger partial charge is 0.378 e. The van der Waals surface area contributed by atoms with Crippen LogP contribution >= 0.6 is 0 Å². The Hall–Kier alpha value is -2.46. The quantitative estimate of drug-likeness (QED) is 0.623. The van der Waals surface area contributed by atoms with Crippen molar-refractivity contribution in [3.8, 4) is 0 Å². The van der Waals surface area contributed by atoms with E-state index in [1.54, 1.807) is 12.1 Å². The number of aromatic nitrogens is 2. The highest BCUT2D eigenvalue weighted by Gasteiger charge is 2.41. The number of ether oxygens (including phenoxy) is 1. The third kappa shape index (κ3) is 5.76. The summed E-state index contributed by atoms with van der Waals surface area (Å²) in [6, 6.07) is 9.73. The van der Waals surface area contributed by atoms with Crippen LogP contribution in [-0.2, 0) is 21.4 Å². The third-order valence-corrected chi connectivity index (χ3v) is 8.25. The molecule has 38 heavy (non-hydrogen) atoms. The number of anilines is 1. The Morgan fingerprint density at radius 2 is 1.84 bits per heavy atom. The summed E-state index contributed by atoms with van der Waals surface area (Å²) in [7, 11) is 0. The summed E-state index contributed by atoms with van der Waals surface area (Å²) >= 11 is 0. The van der Waals surface area contributed by atoms with E-state index in [-0.39, 0.29) is 23.2 Å². The van der Waals surface area contributed by atoms with Crippen LogP contribution in [0.15, 0.2) is 30.3 Å². The standard InChI is InChI=1S/C29H41FN6O2/c1-19-13-34(25(12-31-19)14-35-20(2)16-38-17-21(35)3)15-27(37)36-18-29(4,5)28-26(36)11-24(32-33-28)10-22-6-8-23(30)9-7-22/h6-9,11,19-21,25,31H,10,12-18H2,1-5H3/t19?,20-,21?,25-/m1/s1. The van der Waals surface area contributed by atoms with Gasteiger partial charge < -0.3 is 15.0 Å². The molecule has 5 rings (SSSR count). The van der Waals surface area contributed by atoms with E-state index in [0.29, 0.717) is 37.6 Å². The first kappa shape index (κ1) is 27.1. The molecule has 2 aromatic rings. The van der Waals surface area contributed by atoms with Gasteiger partial charge in [0.15, 0.2) is 0 Å². The molecular formula is C29H41FN6O2. The summed E-state index contributed by atoms with van der Waals surface area (Å²) in [4.78, 5) is 20.7. The van der Waals surface area contributed by atoms with E-state index in [0.717, 1.165) is 55.5 Å². The zero-order chi connectivity index (χ0) is 27.0. The molecule has 1 aromatic carbocycles. The van der Waals surface area contributed by atoms with Crippen LogP contribution in [0, 0.1) is 5.82 Å². The molecule has 3 aliphatic heterocycles. The smallest absolute Gasteiger partial charge is 0.241 e. The number of piperazine rings is 1. The molecule has 1 amide bonds. The van der Waals surface area contributed by atoms with E-state index < -0.39 is 0 Å². The van der Waals surface area contributed by atoms with E-state index in [1.165, 1.54) is 12.1 Å². The molecule has 2 saturated heterocycles. The summed E-state index contributed by atoms with van der Waals surface area (Å²) < 4.78 is 19.1. The maximum absolute atomic E-state index is 13.9. The van der Waals surface area contributed by atoms with Gasteiger partial charge in [0.05, 0.1) is 36.8 Å². The number of hydrogen-bond acceptors (Lipinski definition) is 7. The van der Waals surface area contributed by atoms with Gasteiger partial charge in [-0.15, -0.1) is 0 Å². The molecule has 2 fully saturated rings. The van der Waals surface area contributed by atoms with E-state index in [2.05, 4.69) is 59.9 Å². The third-order valence-electron chi connectivity index (χ3n) is 8.25. The fourth-order valence-electron chi connectivity index (χ4n) is 6.09. The summed E-state index contributed by atoms with van der Waals surface area (Å²) in [5.74, 6) is -0.162. The molecule has 9 heteroatoms. The second-order valence-electron chi connectivity index (χ2n) is 12.1. The monoisotopic (exact) mass is 524 g/mol. The van der Waals surface area contributed by atoms with E-state index in [4.69, 9.17) is 4.74 Å². The highest BCUT2D eigenvalue weighted by molar-refractivity contribution is 5.97. The number of halogens is 1. The van der Waals surface area contributed by atoms with E-state index in [1.807, 2.05) is 11.0 Å². The topological polar surface area (TPSA) is 73.8 Å². The number of nitrogens with zero attached hydrogens (tertiary/aromatic N) is 5. The zero-order valence-corrected chi connectivity index (χ0v) is 23.3. The number of benzene rings is 1. The van der Waals surface area contributed by atoms with Gasteiger partial charge in [-0.3, -0.25) is 14.6 Å². The zero-order valence-electron chi connectivity index (χ0n) is 23.3. The molecule has 8 nitrogen and oxygen atoms in total. The number of morpholine rings is 1. The van der Waals surface area contributed by atoms with Crippen molar-refractivity contribution in [2.24, 2.45) is 0 Å². The van der Waals surface area contributed by atoms with Crippen molar-refractivity contribution in [1.29, 1.82) is 0 Å². The van der Waals surface area contributed by atoms with Crippen LogP contribution in [0.4, 0.5) is 10.1 Å². The lowest BCUT2D eigenvalue weighted by Crippen LogP contribution is -2.63. The average Bonchev–Trinajstić information content (AvgIpc) is 3.14. The van der Waals surface area contributed by atoms with Crippen molar-refractivity contribution < 1.29 is 13.9 Å². The summed E-state index contributed by atoms with van der Waals surface area (Å²) in [6.07, 6.45) is 0.538. The number of carbonyl (C=O) groups excluding carboxylic acids is 1. The Balaban J connectivity index is 1.33. The molecule has 0 saturated carbocycles. The Kier molecular flexibility index (Phi) is 7.82. The van der Waals surface area contributed by atoms with Crippen molar-refractivity contribution >= 4 is 11.6 Å². The SMILES string of the molecule is CC1CN(CC(=O)N2CC(C)(C)c3nnc(Cc4ccc(F)cc4)cc32)[C@@H](CN2C(C)COC[C@H]2C)CN1.